The normalized spacial score (nSPS) is 12.4. The number of rotatable bonds is 11. The van der Waals surface area contributed by atoms with Gasteiger partial charge in [-0.15, -0.1) is 11.3 Å². The lowest BCUT2D eigenvalue weighted by atomic mass is 10.0. The summed E-state index contributed by atoms with van der Waals surface area (Å²) in [5.74, 6) is -0.0774. The van der Waals surface area contributed by atoms with Crippen LogP contribution in [0.25, 0.3) is 11.1 Å². The van der Waals surface area contributed by atoms with Crippen LogP contribution in [0, 0.1) is 0 Å². The lowest BCUT2D eigenvalue weighted by Crippen LogP contribution is -2.34. The maximum absolute atomic E-state index is 12.8. The van der Waals surface area contributed by atoms with E-state index in [1.165, 1.54) is 35.2 Å². The predicted molar refractivity (Wildman–Crippen MR) is 147 cm³/mol. The zero-order valence-electron chi connectivity index (χ0n) is 21.9. The Labute approximate surface area is 229 Å². The van der Waals surface area contributed by atoms with Crippen LogP contribution in [0.3, 0.4) is 0 Å². The van der Waals surface area contributed by atoms with Gasteiger partial charge in [-0.3, -0.25) is 9.59 Å². The molecule has 5 nitrogen and oxygen atoms in total. The van der Waals surface area contributed by atoms with Gasteiger partial charge >= 0.3 is 6.18 Å². The van der Waals surface area contributed by atoms with Crippen molar-refractivity contribution >= 4 is 40.4 Å². The molecule has 0 fully saturated rings. The topological polar surface area (TPSA) is 68.3 Å². The number of ether oxygens (including phenoxy) is 1. The van der Waals surface area contributed by atoms with Crippen LogP contribution >= 0.6 is 23.1 Å². The van der Waals surface area contributed by atoms with E-state index in [0.29, 0.717) is 15.6 Å². The highest BCUT2D eigenvalue weighted by atomic mass is 32.2. The largest absolute Gasteiger partial charge is 0.416 e. The molecule has 1 aromatic heterocycles. The van der Waals surface area contributed by atoms with Gasteiger partial charge in [-0.25, -0.2) is 4.98 Å². The molecule has 2 aromatic carbocycles. The minimum absolute atomic E-state index is 0.0250. The van der Waals surface area contributed by atoms with Crippen molar-refractivity contribution in [3.63, 3.8) is 0 Å². The van der Waals surface area contributed by atoms with Crippen LogP contribution in [0.5, 0.6) is 0 Å². The Morgan fingerprint density at radius 2 is 1.53 bits per heavy atom. The number of alkyl halides is 3. The van der Waals surface area contributed by atoms with Gasteiger partial charge in [0.15, 0.2) is 15.9 Å². The number of thioether (sulfide) groups is 1. The SMILES string of the molecule is CC(C)(C)OCC(=O)C(C)(C)Sc1nc(CC(=O)CNc2ccc(-c3ccc(C(F)(F)F)cc3)cc2)cs1. The number of anilines is 1. The number of nitrogens with one attached hydrogen (secondary N) is 1. The Kier molecular flexibility index (Phi) is 9.43. The van der Waals surface area contributed by atoms with Gasteiger partial charge in [-0.1, -0.05) is 36.0 Å². The van der Waals surface area contributed by atoms with Crippen molar-refractivity contribution in [3.05, 3.63) is 65.2 Å². The maximum Gasteiger partial charge on any atom is 0.416 e. The number of nitrogens with zero attached hydrogens (tertiary/aromatic N) is 1. The summed E-state index contributed by atoms with van der Waals surface area (Å²) in [6.07, 6.45) is -4.20. The van der Waals surface area contributed by atoms with Crippen molar-refractivity contribution in [3.8, 4) is 11.1 Å². The molecule has 0 saturated carbocycles. The lowest BCUT2D eigenvalue weighted by molar-refractivity contribution is -0.137. The van der Waals surface area contributed by atoms with Crippen molar-refractivity contribution in [1.29, 1.82) is 0 Å². The lowest BCUT2D eigenvalue weighted by Gasteiger charge is -2.24. The zero-order valence-corrected chi connectivity index (χ0v) is 23.6. The van der Waals surface area contributed by atoms with Crippen LogP contribution in [-0.2, 0) is 26.9 Å². The Hall–Kier alpha value is -2.69. The molecule has 3 rings (SSSR count). The summed E-state index contributed by atoms with van der Waals surface area (Å²) in [5.41, 5.74) is 1.73. The molecule has 10 heteroatoms. The maximum atomic E-state index is 12.8. The molecular formula is C28H31F3N2O3S2. The van der Waals surface area contributed by atoms with E-state index >= 15 is 0 Å². The average Bonchev–Trinajstić information content (AvgIpc) is 3.26. The quantitative estimate of drug-likeness (QED) is 0.246. The van der Waals surface area contributed by atoms with E-state index in [-0.39, 0.29) is 31.1 Å². The van der Waals surface area contributed by atoms with E-state index in [1.807, 2.05) is 40.0 Å². The van der Waals surface area contributed by atoms with E-state index in [0.717, 1.165) is 23.4 Å². The Morgan fingerprint density at radius 1 is 0.947 bits per heavy atom. The van der Waals surface area contributed by atoms with Gasteiger partial charge in [0.1, 0.15) is 6.61 Å². The molecule has 3 aromatic rings. The number of hydrogen-bond donors (Lipinski definition) is 1. The molecule has 0 atom stereocenters. The first-order chi connectivity index (χ1) is 17.6. The predicted octanol–water partition coefficient (Wildman–Crippen LogP) is 7.31. The van der Waals surface area contributed by atoms with Crippen molar-refractivity contribution in [2.45, 2.75) is 61.9 Å². The number of ketones is 2. The number of carbonyl (C=O) groups excluding carboxylic acids is 2. The number of hydrogen-bond acceptors (Lipinski definition) is 7. The highest BCUT2D eigenvalue weighted by Crippen LogP contribution is 2.36. The van der Waals surface area contributed by atoms with Crippen LogP contribution in [0.15, 0.2) is 58.3 Å². The smallest absolute Gasteiger partial charge is 0.378 e. The number of aromatic nitrogens is 1. The third kappa shape index (κ3) is 8.96. The minimum Gasteiger partial charge on any atom is -0.378 e. The molecule has 0 spiro atoms. The highest BCUT2D eigenvalue weighted by Gasteiger charge is 2.31. The first-order valence-corrected chi connectivity index (χ1v) is 13.7. The summed E-state index contributed by atoms with van der Waals surface area (Å²) in [7, 11) is 0. The van der Waals surface area contributed by atoms with Gasteiger partial charge in [0, 0.05) is 11.1 Å². The standard InChI is InChI=1S/C28H31F3N2O3S2/c1-26(2,3)36-16-24(35)27(4,5)38-25-33-22(17-37-25)14-23(34)15-32-21-12-8-19(9-13-21)18-6-10-20(11-7-18)28(29,30)31/h6-13,17,32H,14-16H2,1-5H3. The third-order valence-corrected chi connectivity index (χ3v) is 7.70. The summed E-state index contributed by atoms with van der Waals surface area (Å²) in [6.45, 7) is 9.51. The zero-order chi connectivity index (χ0) is 28.1. The molecule has 0 radical (unpaired) electrons. The van der Waals surface area contributed by atoms with E-state index in [1.54, 1.807) is 24.3 Å². The molecule has 0 aliphatic rings. The first kappa shape index (κ1) is 29.9. The van der Waals surface area contributed by atoms with Crippen LogP contribution < -0.4 is 5.32 Å². The summed E-state index contributed by atoms with van der Waals surface area (Å²) in [5, 5.41) is 4.90. The third-order valence-electron chi connectivity index (χ3n) is 5.48. The summed E-state index contributed by atoms with van der Waals surface area (Å²) in [6, 6.07) is 12.1. The average molecular weight is 565 g/mol. The second-order valence-electron chi connectivity index (χ2n) is 10.3. The summed E-state index contributed by atoms with van der Waals surface area (Å²) in [4.78, 5) is 29.6. The van der Waals surface area contributed by atoms with Crippen LogP contribution in [-0.4, -0.2) is 40.1 Å². The van der Waals surface area contributed by atoms with E-state index in [4.69, 9.17) is 4.74 Å². The molecule has 0 amide bonds. The van der Waals surface area contributed by atoms with E-state index in [2.05, 4.69) is 10.3 Å². The van der Waals surface area contributed by atoms with Gasteiger partial charge in [-0.2, -0.15) is 13.2 Å². The molecule has 0 aliphatic carbocycles. The molecular weight excluding hydrogens is 533 g/mol. The Bertz CT molecular complexity index is 1250. The first-order valence-electron chi connectivity index (χ1n) is 12.0. The number of Topliss-reactive ketones (excluding diaryl/α,β-unsaturated/α-hetero) is 2. The van der Waals surface area contributed by atoms with Crippen LogP contribution in [0.4, 0.5) is 18.9 Å². The molecule has 0 unspecified atom stereocenters. The van der Waals surface area contributed by atoms with Gasteiger partial charge in [0.2, 0.25) is 0 Å². The fourth-order valence-electron chi connectivity index (χ4n) is 3.24. The van der Waals surface area contributed by atoms with Crippen molar-refractivity contribution in [1.82, 2.24) is 4.98 Å². The molecule has 0 bridgehead atoms. The minimum atomic E-state index is -4.37. The van der Waals surface area contributed by atoms with E-state index < -0.39 is 22.1 Å². The van der Waals surface area contributed by atoms with E-state index in [9.17, 15) is 22.8 Å². The fraction of sp³-hybridized carbons (Fsp3) is 0.393. The molecule has 0 aliphatic heterocycles. The molecule has 204 valence electrons. The summed E-state index contributed by atoms with van der Waals surface area (Å²) >= 11 is 2.76. The molecule has 1 heterocycles. The molecule has 0 saturated heterocycles. The number of halogens is 3. The number of benzene rings is 2. The fourth-order valence-corrected chi connectivity index (χ4v) is 5.52. The molecule has 38 heavy (non-hydrogen) atoms. The Morgan fingerprint density at radius 3 is 2.08 bits per heavy atom. The second-order valence-corrected chi connectivity index (χ2v) is 13.0. The number of carbonyl (C=O) groups is 2. The second kappa shape index (κ2) is 12.0. The molecule has 1 N–H and O–H groups in total. The van der Waals surface area contributed by atoms with Gasteiger partial charge in [0.25, 0.3) is 0 Å². The van der Waals surface area contributed by atoms with Gasteiger partial charge in [-0.05, 0) is 70.0 Å². The summed E-state index contributed by atoms with van der Waals surface area (Å²) < 4.78 is 43.9. The van der Waals surface area contributed by atoms with Gasteiger partial charge in [0.05, 0.1) is 34.6 Å². The van der Waals surface area contributed by atoms with Crippen LogP contribution in [0.2, 0.25) is 0 Å². The van der Waals surface area contributed by atoms with Crippen molar-refractivity contribution in [2.75, 3.05) is 18.5 Å². The highest BCUT2D eigenvalue weighted by molar-refractivity contribution is 8.03. The van der Waals surface area contributed by atoms with Crippen LogP contribution in [0.1, 0.15) is 45.9 Å². The van der Waals surface area contributed by atoms with Crippen molar-refractivity contribution < 1.29 is 27.5 Å². The monoisotopic (exact) mass is 564 g/mol. The van der Waals surface area contributed by atoms with Crippen molar-refractivity contribution in [2.24, 2.45) is 0 Å². The number of thiazole rings is 1. The Balaban J connectivity index is 1.49. The van der Waals surface area contributed by atoms with Gasteiger partial charge < -0.3 is 10.1 Å².